The smallest absolute Gasteiger partial charge is 0.261 e. The first-order valence-corrected chi connectivity index (χ1v) is 9.71. The van der Waals surface area contributed by atoms with E-state index >= 15 is 0 Å². The second kappa shape index (κ2) is 9.27. The second-order valence-electron chi connectivity index (χ2n) is 6.83. The summed E-state index contributed by atoms with van der Waals surface area (Å²) in [7, 11) is 0. The fraction of sp³-hybridized carbons (Fsp3) is 0.292. The third-order valence-electron chi connectivity index (χ3n) is 4.90. The van der Waals surface area contributed by atoms with E-state index in [0.717, 1.165) is 33.4 Å². The first kappa shape index (κ1) is 19.7. The summed E-state index contributed by atoms with van der Waals surface area (Å²) in [6.07, 6.45) is 0.0849. The molecule has 0 aliphatic heterocycles. The van der Waals surface area contributed by atoms with Crippen LogP contribution in [0, 0.1) is 13.8 Å². The molecule has 0 radical (unpaired) electrons. The number of amides is 1. The number of carbonyl (C=O) groups excluding carboxylic acids is 1. The maximum atomic E-state index is 12.5. The van der Waals surface area contributed by atoms with Crippen molar-refractivity contribution in [1.29, 1.82) is 0 Å². The van der Waals surface area contributed by atoms with Gasteiger partial charge in [0.25, 0.3) is 5.91 Å². The number of aryl methyl sites for hydroxylation is 1. The van der Waals surface area contributed by atoms with E-state index in [1.54, 1.807) is 0 Å². The minimum Gasteiger partial charge on any atom is -0.491 e. The summed E-state index contributed by atoms with van der Waals surface area (Å²) in [5.41, 5.74) is 2.21. The quantitative estimate of drug-likeness (QED) is 0.573. The van der Waals surface area contributed by atoms with Crippen LogP contribution in [-0.2, 0) is 4.79 Å². The predicted molar refractivity (Wildman–Crippen MR) is 113 cm³/mol. The van der Waals surface area contributed by atoms with Gasteiger partial charge in [0.2, 0.25) is 0 Å². The van der Waals surface area contributed by atoms with E-state index in [0.29, 0.717) is 19.6 Å². The van der Waals surface area contributed by atoms with Gasteiger partial charge >= 0.3 is 0 Å². The Morgan fingerprint density at radius 3 is 2.50 bits per heavy atom. The maximum absolute atomic E-state index is 12.5. The zero-order valence-corrected chi connectivity index (χ0v) is 16.7. The fourth-order valence-electron chi connectivity index (χ4n) is 3.10. The Labute approximate surface area is 166 Å². The zero-order valence-electron chi connectivity index (χ0n) is 16.7. The molecule has 3 aromatic carbocycles. The number of nitrogens with one attached hydrogen (secondary N) is 1. The van der Waals surface area contributed by atoms with Crippen molar-refractivity contribution in [2.45, 2.75) is 33.3 Å². The number of hydrogen-bond donors (Lipinski definition) is 1. The van der Waals surface area contributed by atoms with Gasteiger partial charge in [-0.25, -0.2) is 0 Å². The van der Waals surface area contributed by atoms with Gasteiger partial charge in [0.05, 0.1) is 6.54 Å². The van der Waals surface area contributed by atoms with Crippen molar-refractivity contribution in [1.82, 2.24) is 5.32 Å². The van der Waals surface area contributed by atoms with E-state index in [-0.39, 0.29) is 5.91 Å². The molecular formula is C24H27NO3. The molecule has 0 fully saturated rings. The molecule has 0 aromatic heterocycles. The lowest BCUT2D eigenvalue weighted by atomic mass is 10.1. The molecule has 1 N–H and O–H groups in total. The van der Waals surface area contributed by atoms with Crippen LogP contribution < -0.4 is 14.8 Å². The molecule has 0 aliphatic carbocycles. The summed E-state index contributed by atoms with van der Waals surface area (Å²) in [6, 6.07) is 20.0. The Kier molecular flexibility index (Phi) is 6.53. The molecule has 3 rings (SSSR count). The molecule has 0 heterocycles. The topological polar surface area (TPSA) is 47.6 Å². The van der Waals surface area contributed by atoms with Gasteiger partial charge in [-0.1, -0.05) is 55.5 Å². The summed E-state index contributed by atoms with van der Waals surface area (Å²) in [5, 5.41) is 5.12. The van der Waals surface area contributed by atoms with Crippen molar-refractivity contribution in [2.75, 3.05) is 13.2 Å². The summed E-state index contributed by atoms with van der Waals surface area (Å²) in [5.74, 6) is 1.46. The minimum atomic E-state index is -0.516. The summed E-state index contributed by atoms with van der Waals surface area (Å²) >= 11 is 0. The molecule has 146 valence electrons. The van der Waals surface area contributed by atoms with Crippen LogP contribution in [0.3, 0.4) is 0 Å². The standard InChI is InChI=1S/C24H27NO3/c1-4-21(28-22-13-7-9-17(2)18(22)3)24(26)25-15-16-27-23-14-8-11-19-10-5-6-12-20(19)23/h5-14,21H,4,15-16H2,1-3H3,(H,25,26)/t21-/m1/s1. The van der Waals surface area contributed by atoms with Crippen LogP contribution in [0.25, 0.3) is 10.8 Å². The monoisotopic (exact) mass is 377 g/mol. The fourth-order valence-corrected chi connectivity index (χ4v) is 3.10. The van der Waals surface area contributed by atoms with Crippen molar-refractivity contribution in [3.05, 3.63) is 71.8 Å². The molecule has 4 heteroatoms. The summed E-state index contributed by atoms with van der Waals surface area (Å²) < 4.78 is 11.8. The van der Waals surface area contributed by atoms with Crippen LogP contribution in [0.5, 0.6) is 11.5 Å². The van der Waals surface area contributed by atoms with E-state index in [1.807, 2.05) is 69.3 Å². The number of carbonyl (C=O) groups is 1. The maximum Gasteiger partial charge on any atom is 0.261 e. The summed E-state index contributed by atoms with van der Waals surface area (Å²) in [4.78, 5) is 12.5. The molecule has 0 spiro atoms. The van der Waals surface area contributed by atoms with E-state index in [2.05, 4.69) is 17.4 Å². The Bertz CT molecular complexity index is 946. The van der Waals surface area contributed by atoms with Crippen molar-refractivity contribution >= 4 is 16.7 Å². The number of fused-ring (bicyclic) bond motifs is 1. The third kappa shape index (κ3) is 4.63. The largest absolute Gasteiger partial charge is 0.491 e. The van der Waals surface area contributed by atoms with Crippen molar-refractivity contribution in [2.24, 2.45) is 0 Å². The lowest BCUT2D eigenvalue weighted by molar-refractivity contribution is -0.128. The summed E-state index contributed by atoms with van der Waals surface area (Å²) in [6.45, 7) is 6.82. The average molecular weight is 377 g/mol. The molecule has 0 bridgehead atoms. The normalized spacial score (nSPS) is 11.8. The highest BCUT2D eigenvalue weighted by Gasteiger charge is 2.19. The van der Waals surface area contributed by atoms with Gasteiger partial charge in [-0.05, 0) is 48.9 Å². The van der Waals surface area contributed by atoms with Gasteiger partial charge in [0.1, 0.15) is 18.1 Å². The highest BCUT2D eigenvalue weighted by molar-refractivity contribution is 5.88. The third-order valence-corrected chi connectivity index (χ3v) is 4.90. The molecule has 0 saturated heterocycles. The molecule has 0 unspecified atom stereocenters. The van der Waals surface area contributed by atoms with Gasteiger partial charge in [-0.15, -0.1) is 0 Å². The lowest BCUT2D eigenvalue weighted by Crippen LogP contribution is -2.39. The molecule has 4 nitrogen and oxygen atoms in total. The van der Waals surface area contributed by atoms with Crippen molar-refractivity contribution in [3.8, 4) is 11.5 Å². The van der Waals surface area contributed by atoms with Crippen LogP contribution in [0.1, 0.15) is 24.5 Å². The molecule has 28 heavy (non-hydrogen) atoms. The Morgan fingerprint density at radius 2 is 1.68 bits per heavy atom. The Morgan fingerprint density at radius 1 is 0.964 bits per heavy atom. The predicted octanol–water partition coefficient (Wildman–Crippen LogP) is 4.81. The van der Waals surface area contributed by atoms with Gasteiger partial charge in [-0.2, -0.15) is 0 Å². The number of rotatable bonds is 8. The van der Waals surface area contributed by atoms with E-state index in [9.17, 15) is 4.79 Å². The first-order valence-electron chi connectivity index (χ1n) is 9.71. The second-order valence-corrected chi connectivity index (χ2v) is 6.83. The van der Waals surface area contributed by atoms with Crippen molar-refractivity contribution < 1.29 is 14.3 Å². The highest BCUT2D eigenvalue weighted by atomic mass is 16.5. The van der Waals surface area contributed by atoms with Gasteiger partial charge in [0.15, 0.2) is 6.10 Å². The molecule has 1 amide bonds. The SMILES string of the molecule is CC[C@@H](Oc1cccc(C)c1C)C(=O)NCCOc1cccc2ccccc12. The first-order chi connectivity index (χ1) is 13.6. The van der Waals surface area contributed by atoms with E-state index < -0.39 is 6.10 Å². The van der Waals surface area contributed by atoms with Gasteiger partial charge in [-0.3, -0.25) is 4.79 Å². The minimum absolute atomic E-state index is 0.120. The number of benzene rings is 3. The van der Waals surface area contributed by atoms with E-state index in [4.69, 9.17) is 9.47 Å². The Hall–Kier alpha value is -3.01. The number of hydrogen-bond acceptors (Lipinski definition) is 3. The Balaban J connectivity index is 1.53. The van der Waals surface area contributed by atoms with Gasteiger partial charge in [0, 0.05) is 5.39 Å². The molecule has 0 saturated carbocycles. The highest BCUT2D eigenvalue weighted by Crippen LogP contribution is 2.25. The molecule has 0 aliphatic rings. The van der Waals surface area contributed by atoms with Crippen LogP contribution in [0.2, 0.25) is 0 Å². The van der Waals surface area contributed by atoms with Gasteiger partial charge < -0.3 is 14.8 Å². The van der Waals surface area contributed by atoms with Crippen LogP contribution in [0.15, 0.2) is 60.7 Å². The molecule has 3 aromatic rings. The molecular weight excluding hydrogens is 350 g/mol. The van der Waals surface area contributed by atoms with Crippen LogP contribution in [-0.4, -0.2) is 25.2 Å². The molecule has 1 atom stereocenters. The van der Waals surface area contributed by atoms with Crippen molar-refractivity contribution in [3.63, 3.8) is 0 Å². The average Bonchev–Trinajstić information content (AvgIpc) is 2.72. The van der Waals surface area contributed by atoms with Crippen LogP contribution in [0.4, 0.5) is 0 Å². The zero-order chi connectivity index (χ0) is 19.9. The lowest BCUT2D eigenvalue weighted by Gasteiger charge is -2.19. The number of ether oxygens (including phenoxy) is 2. The van der Waals surface area contributed by atoms with Crippen LogP contribution >= 0.6 is 0 Å². The van der Waals surface area contributed by atoms with E-state index in [1.165, 1.54) is 0 Å².